The minimum absolute atomic E-state index is 0.0678. The lowest BCUT2D eigenvalue weighted by molar-refractivity contribution is -0.136. The van der Waals surface area contributed by atoms with Gasteiger partial charge in [-0.2, -0.15) is 0 Å². The fraction of sp³-hybridized carbons (Fsp3) is 0.320. The monoisotopic (exact) mass is 494 g/mol. The zero-order valence-electron chi connectivity index (χ0n) is 19.7. The summed E-state index contributed by atoms with van der Waals surface area (Å²) in [4.78, 5) is 61.6. The van der Waals surface area contributed by atoms with Crippen LogP contribution in [0.15, 0.2) is 42.5 Å². The van der Waals surface area contributed by atoms with E-state index in [1.54, 1.807) is 42.5 Å². The lowest BCUT2D eigenvalue weighted by Crippen LogP contribution is -2.54. The van der Waals surface area contributed by atoms with Crippen molar-refractivity contribution in [3.63, 3.8) is 0 Å². The number of carbonyl (C=O) groups excluding carboxylic acids is 5. The van der Waals surface area contributed by atoms with Crippen LogP contribution in [0.3, 0.4) is 0 Å². The molecule has 2 aliphatic rings. The molecular weight excluding hydrogens is 468 g/mol. The highest BCUT2D eigenvalue weighted by molar-refractivity contribution is 6.25. The van der Waals surface area contributed by atoms with Crippen LogP contribution in [0.25, 0.3) is 0 Å². The van der Waals surface area contributed by atoms with Crippen LogP contribution in [0.2, 0.25) is 0 Å². The molecule has 188 valence electrons. The van der Waals surface area contributed by atoms with Gasteiger partial charge in [0.2, 0.25) is 17.7 Å². The van der Waals surface area contributed by atoms with E-state index in [0.29, 0.717) is 43.5 Å². The van der Waals surface area contributed by atoms with E-state index >= 15 is 0 Å². The molecule has 0 aromatic heterocycles. The Labute approximate surface area is 207 Å². The number of ether oxygens (including phenoxy) is 2. The topological polar surface area (TPSA) is 143 Å². The van der Waals surface area contributed by atoms with Crippen LogP contribution < -0.4 is 20.7 Å². The number of hydrogen-bond acceptors (Lipinski definition) is 8. The maximum absolute atomic E-state index is 13.1. The third-order valence-corrected chi connectivity index (χ3v) is 5.70. The molecule has 36 heavy (non-hydrogen) atoms. The fourth-order valence-electron chi connectivity index (χ4n) is 4.08. The number of nitrogens with one attached hydrogen (secondary N) is 3. The van der Waals surface area contributed by atoms with E-state index in [2.05, 4.69) is 16.0 Å². The molecule has 3 N–H and O–H groups in total. The highest BCUT2D eigenvalue weighted by Crippen LogP contribution is 2.32. The van der Waals surface area contributed by atoms with Gasteiger partial charge < -0.3 is 20.1 Å². The third-order valence-electron chi connectivity index (χ3n) is 5.70. The van der Waals surface area contributed by atoms with E-state index in [0.717, 1.165) is 4.90 Å². The smallest absolute Gasteiger partial charge is 0.264 e. The molecule has 0 saturated carbocycles. The van der Waals surface area contributed by atoms with Crippen LogP contribution in [-0.4, -0.2) is 66.8 Å². The van der Waals surface area contributed by atoms with Gasteiger partial charge in [0.1, 0.15) is 18.4 Å². The summed E-state index contributed by atoms with van der Waals surface area (Å²) in [6.45, 7) is 2.81. The molecule has 0 aliphatic carbocycles. The highest BCUT2D eigenvalue weighted by Gasteiger charge is 2.45. The number of nitrogens with zero attached hydrogens (tertiary/aromatic N) is 1. The quantitative estimate of drug-likeness (QED) is 0.334. The molecule has 11 heteroatoms. The molecule has 0 radical (unpaired) electrons. The number of imide groups is 2. The summed E-state index contributed by atoms with van der Waals surface area (Å²) < 4.78 is 11.2. The van der Waals surface area contributed by atoms with Gasteiger partial charge in [0.15, 0.2) is 0 Å². The van der Waals surface area contributed by atoms with Gasteiger partial charge in [-0.1, -0.05) is 6.07 Å². The Bertz CT molecular complexity index is 1200. The summed E-state index contributed by atoms with van der Waals surface area (Å²) in [5.74, 6) is -1.67. The first-order valence-electron chi connectivity index (χ1n) is 11.5. The van der Waals surface area contributed by atoms with E-state index in [4.69, 9.17) is 9.47 Å². The molecule has 2 heterocycles. The molecule has 5 amide bonds. The van der Waals surface area contributed by atoms with Gasteiger partial charge in [-0.15, -0.1) is 0 Å². The number of benzene rings is 2. The number of anilines is 2. The largest absolute Gasteiger partial charge is 0.491 e. The van der Waals surface area contributed by atoms with Crippen molar-refractivity contribution < 1.29 is 33.4 Å². The Morgan fingerprint density at radius 2 is 1.81 bits per heavy atom. The molecule has 0 spiro atoms. The predicted molar refractivity (Wildman–Crippen MR) is 129 cm³/mol. The van der Waals surface area contributed by atoms with Crippen LogP contribution in [0, 0.1) is 0 Å². The van der Waals surface area contributed by atoms with Crippen molar-refractivity contribution in [3.8, 4) is 5.75 Å². The van der Waals surface area contributed by atoms with Gasteiger partial charge in [-0.25, -0.2) is 0 Å². The van der Waals surface area contributed by atoms with Gasteiger partial charge in [0.05, 0.1) is 24.3 Å². The molecule has 4 rings (SSSR count). The van der Waals surface area contributed by atoms with Crippen LogP contribution >= 0.6 is 0 Å². The van der Waals surface area contributed by atoms with E-state index in [-0.39, 0.29) is 29.9 Å². The summed E-state index contributed by atoms with van der Waals surface area (Å²) in [6.07, 6.45) is 0.173. The normalized spacial score (nSPS) is 17.0. The van der Waals surface area contributed by atoms with E-state index in [1.807, 2.05) is 0 Å². The summed E-state index contributed by atoms with van der Waals surface area (Å²) in [5, 5.41) is 7.98. The maximum atomic E-state index is 13.1. The Morgan fingerprint density at radius 3 is 2.53 bits per heavy atom. The van der Waals surface area contributed by atoms with Crippen molar-refractivity contribution in [2.75, 3.05) is 37.0 Å². The summed E-state index contributed by atoms with van der Waals surface area (Å²) in [7, 11) is 0. The maximum Gasteiger partial charge on any atom is 0.264 e. The number of rotatable bonds is 10. The second-order valence-corrected chi connectivity index (χ2v) is 8.27. The van der Waals surface area contributed by atoms with Crippen molar-refractivity contribution in [3.05, 3.63) is 53.6 Å². The highest BCUT2D eigenvalue weighted by atomic mass is 16.5. The van der Waals surface area contributed by atoms with Crippen LogP contribution in [-0.2, 0) is 19.1 Å². The first-order chi connectivity index (χ1) is 17.3. The van der Waals surface area contributed by atoms with E-state index in [1.165, 1.54) is 6.92 Å². The minimum atomic E-state index is -1.01. The Hall–Kier alpha value is -4.25. The lowest BCUT2D eigenvalue weighted by Gasteiger charge is -2.27. The zero-order chi connectivity index (χ0) is 25.7. The Kier molecular flexibility index (Phi) is 7.59. The number of carbonyl (C=O) groups is 5. The zero-order valence-corrected chi connectivity index (χ0v) is 19.7. The average molecular weight is 495 g/mol. The van der Waals surface area contributed by atoms with Gasteiger partial charge >= 0.3 is 0 Å². The first-order valence-corrected chi connectivity index (χ1v) is 11.5. The number of hydrogen-bond donors (Lipinski definition) is 3. The van der Waals surface area contributed by atoms with Gasteiger partial charge in [-0.3, -0.25) is 34.2 Å². The molecule has 1 fully saturated rings. The van der Waals surface area contributed by atoms with Gasteiger partial charge in [0, 0.05) is 31.3 Å². The van der Waals surface area contributed by atoms with Crippen molar-refractivity contribution in [2.24, 2.45) is 0 Å². The SMILES string of the molecule is CC(=O)Nc1ccc(OCCOCCNc2cccc3c2C(=O)N(C2CCC(=O)NC2=O)C3=O)cc1. The number of fused-ring (bicyclic) bond motifs is 1. The predicted octanol–water partition coefficient (Wildman–Crippen LogP) is 1.55. The van der Waals surface area contributed by atoms with Gasteiger partial charge in [-0.05, 0) is 42.8 Å². The van der Waals surface area contributed by atoms with Crippen molar-refractivity contribution >= 4 is 40.9 Å². The van der Waals surface area contributed by atoms with Crippen LogP contribution in [0.1, 0.15) is 40.5 Å². The van der Waals surface area contributed by atoms with Crippen LogP contribution in [0.4, 0.5) is 11.4 Å². The first kappa shape index (κ1) is 24.9. The molecule has 1 unspecified atom stereocenters. The fourth-order valence-corrected chi connectivity index (χ4v) is 4.08. The molecule has 2 aliphatic heterocycles. The van der Waals surface area contributed by atoms with Crippen molar-refractivity contribution in [2.45, 2.75) is 25.8 Å². The molecule has 2 aromatic carbocycles. The van der Waals surface area contributed by atoms with E-state index in [9.17, 15) is 24.0 Å². The number of piperidine rings is 1. The third kappa shape index (κ3) is 5.52. The molecular formula is C25H26N4O7. The molecule has 1 atom stereocenters. The summed E-state index contributed by atoms with van der Waals surface area (Å²) in [5.41, 5.74) is 1.58. The molecule has 0 bridgehead atoms. The average Bonchev–Trinajstić information content (AvgIpc) is 3.10. The molecule has 11 nitrogen and oxygen atoms in total. The number of amides is 5. The van der Waals surface area contributed by atoms with Gasteiger partial charge in [0.25, 0.3) is 11.8 Å². The molecule has 1 saturated heterocycles. The van der Waals surface area contributed by atoms with Crippen molar-refractivity contribution in [1.29, 1.82) is 0 Å². The standard InChI is InChI=1S/C25H26N4O7/c1-15(30)27-16-5-7-17(8-6-16)36-14-13-35-12-11-26-19-4-2-3-18-22(19)25(34)29(24(18)33)20-9-10-21(31)28-23(20)32/h2-8,20,26H,9-14H2,1H3,(H,27,30)(H,28,31,32). The van der Waals surface area contributed by atoms with E-state index < -0.39 is 29.7 Å². The second kappa shape index (κ2) is 11.0. The van der Waals surface area contributed by atoms with Crippen molar-refractivity contribution in [1.82, 2.24) is 10.2 Å². The Morgan fingerprint density at radius 1 is 1.03 bits per heavy atom. The minimum Gasteiger partial charge on any atom is -0.491 e. The second-order valence-electron chi connectivity index (χ2n) is 8.27. The summed E-state index contributed by atoms with van der Waals surface area (Å²) in [6, 6.07) is 10.9. The molecule has 2 aromatic rings. The van der Waals surface area contributed by atoms with Crippen LogP contribution in [0.5, 0.6) is 5.75 Å². The Balaban J connectivity index is 1.24. The lowest BCUT2D eigenvalue weighted by atomic mass is 10.0. The summed E-state index contributed by atoms with van der Waals surface area (Å²) >= 11 is 0.